The van der Waals surface area contributed by atoms with Crippen molar-refractivity contribution in [3.05, 3.63) is 78.0 Å². The fourth-order valence-corrected chi connectivity index (χ4v) is 5.14. The number of hydrogen-bond donors (Lipinski definition) is 2. The van der Waals surface area contributed by atoms with E-state index in [9.17, 15) is 14.4 Å². The van der Waals surface area contributed by atoms with Gasteiger partial charge in [0.15, 0.2) is 11.5 Å². The van der Waals surface area contributed by atoms with Crippen molar-refractivity contribution in [2.24, 2.45) is 0 Å². The standard InChI is InChI=1S/C29H33N5O4.ClH/c35-27-24-18-23(20-31-24)34(28(36)22-12-5-2-6-13-22)17-9-16-33(15-8-7-14-30-27)29(37)25-19-26(38-32-25)21-10-3-1-4-11-21;/h1-6,10-13,19,23-24,31H,7-9,14-18,20H2,(H,30,35);1H/t23-,24-;/m0./s1. The van der Waals surface area contributed by atoms with Crippen molar-refractivity contribution in [2.45, 2.75) is 37.8 Å². The zero-order valence-electron chi connectivity index (χ0n) is 21.8. The van der Waals surface area contributed by atoms with Crippen LogP contribution < -0.4 is 10.6 Å². The average Bonchev–Trinajstić information content (AvgIpc) is 3.65. The molecule has 0 unspecified atom stereocenters. The minimum atomic E-state index is -0.307. The molecule has 10 heteroatoms. The van der Waals surface area contributed by atoms with Gasteiger partial charge in [-0.3, -0.25) is 14.4 Å². The summed E-state index contributed by atoms with van der Waals surface area (Å²) in [7, 11) is 0. The van der Waals surface area contributed by atoms with Crippen molar-refractivity contribution < 1.29 is 18.9 Å². The number of hydrogen-bond acceptors (Lipinski definition) is 6. The molecule has 2 fully saturated rings. The molecule has 0 saturated carbocycles. The number of benzene rings is 2. The molecule has 2 aliphatic rings. The Morgan fingerprint density at radius 2 is 1.62 bits per heavy atom. The summed E-state index contributed by atoms with van der Waals surface area (Å²) in [4.78, 5) is 43.3. The third-order valence-corrected chi connectivity index (χ3v) is 7.20. The average molecular weight is 552 g/mol. The third-order valence-electron chi connectivity index (χ3n) is 7.20. The lowest BCUT2D eigenvalue weighted by Crippen LogP contribution is -2.44. The molecule has 0 radical (unpaired) electrons. The van der Waals surface area contributed by atoms with Crippen molar-refractivity contribution in [3.8, 4) is 11.3 Å². The SMILES string of the molecule is Cl.O=C1NCCCCN(C(=O)c2cc(-c3ccccc3)on2)CCCN(C(=O)c2ccccc2)[C@@H]2CN[C@H]1C2. The number of carbonyl (C=O) groups excluding carboxylic acids is 3. The van der Waals surface area contributed by atoms with Crippen LogP contribution in [-0.2, 0) is 4.79 Å². The molecule has 0 aliphatic carbocycles. The minimum Gasteiger partial charge on any atom is -0.355 e. The summed E-state index contributed by atoms with van der Waals surface area (Å²) in [5.41, 5.74) is 1.73. The van der Waals surface area contributed by atoms with Gasteiger partial charge in [0.25, 0.3) is 11.8 Å². The summed E-state index contributed by atoms with van der Waals surface area (Å²) in [6.45, 7) is 2.59. The Kier molecular flexibility index (Phi) is 9.73. The van der Waals surface area contributed by atoms with Crippen LogP contribution in [0.2, 0.25) is 0 Å². The van der Waals surface area contributed by atoms with Gasteiger partial charge in [-0.05, 0) is 37.8 Å². The lowest BCUT2D eigenvalue weighted by Gasteiger charge is -2.30. The third kappa shape index (κ3) is 6.85. The molecule has 2 aromatic carbocycles. The molecule has 206 valence electrons. The number of fused-ring (bicyclic) bond motifs is 2. The van der Waals surface area contributed by atoms with Crippen molar-refractivity contribution >= 4 is 30.1 Å². The molecule has 2 bridgehead atoms. The zero-order valence-corrected chi connectivity index (χ0v) is 22.6. The Balaban J connectivity index is 0.00000353. The first kappa shape index (κ1) is 28.3. The van der Waals surface area contributed by atoms with E-state index in [0.717, 1.165) is 18.4 Å². The van der Waals surface area contributed by atoms with Crippen LogP contribution in [0.3, 0.4) is 0 Å². The summed E-state index contributed by atoms with van der Waals surface area (Å²) in [6.07, 6.45) is 2.68. The van der Waals surface area contributed by atoms with Gasteiger partial charge in [-0.15, -0.1) is 12.4 Å². The number of aromatic nitrogens is 1. The van der Waals surface area contributed by atoms with Crippen molar-refractivity contribution in [1.82, 2.24) is 25.6 Å². The van der Waals surface area contributed by atoms with E-state index in [-0.39, 0.29) is 47.9 Å². The maximum Gasteiger partial charge on any atom is 0.276 e. The van der Waals surface area contributed by atoms with Crippen LogP contribution in [0.5, 0.6) is 0 Å². The Bertz CT molecular complexity index is 1250. The molecule has 1 aromatic heterocycles. The number of rotatable bonds is 3. The first-order valence-electron chi connectivity index (χ1n) is 13.3. The molecule has 3 aromatic rings. The first-order chi connectivity index (χ1) is 18.6. The van der Waals surface area contributed by atoms with Gasteiger partial charge in [0, 0.05) is 56.0 Å². The Morgan fingerprint density at radius 1 is 0.897 bits per heavy atom. The van der Waals surface area contributed by atoms with Crippen LogP contribution in [0.4, 0.5) is 0 Å². The largest absolute Gasteiger partial charge is 0.355 e. The molecule has 5 rings (SSSR count). The Labute approximate surface area is 234 Å². The number of amides is 3. The molecule has 2 saturated heterocycles. The highest BCUT2D eigenvalue weighted by Crippen LogP contribution is 2.22. The normalized spacial score (nSPS) is 20.5. The van der Waals surface area contributed by atoms with Crippen molar-refractivity contribution in [3.63, 3.8) is 0 Å². The van der Waals surface area contributed by atoms with Crippen LogP contribution in [0.1, 0.15) is 46.5 Å². The van der Waals surface area contributed by atoms with Gasteiger partial charge < -0.3 is 25.0 Å². The van der Waals surface area contributed by atoms with E-state index in [4.69, 9.17) is 4.52 Å². The highest BCUT2D eigenvalue weighted by molar-refractivity contribution is 5.95. The van der Waals surface area contributed by atoms with Crippen LogP contribution in [0.15, 0.2) is 71.3 Å². The highest BCUT2D eigenvalue weighted by atomic mass is 35.5. The minimum absolute atomic E-state index is 0. The van der Waals surface area contributed by atoms with Crippen LogP contribution in [0.25, 0.3) is 11.3 Å². The van der Waals surface area contributed by atoms with E-state index >= 15 is 0 Å². The van der Waals surface area contributed by atoms with Gasteiger partial charge in [0.05, 0.1) is 6.04 Å². The van der Waals surface area contributed by atoms with Crippen LogP contribution in [0, 0.1) is 0 Å². The second kappa shape index (κ2) is 13.4. The molecule has 2 atom stereocenters. The molecule has 0 spiro atoms. The molecular weight excluding hydrogens is 518 g/mol. The summed E-state index contributed by atoms with van der Waals surface area (Å²) >= 11 is 0. The molecule has 3 heterocycles. The molecule has 3 amide bonds. The van der Waals surface area contributed by atoms with Gasteiger partial charge in [0.1, 0.15) is 0 Å². The molecule has 2 N–H and O–H groups in total. The number of halogens is 1. The van der Waals surface area contributed by atoms with Crippen molar-refractivity contribution in [1.29, 1.82) is 0 Å². The fraction of sp³-hybridized carbons (Fsp3) is 0.379. The predicted molar refractivity (Wildman–Crippen MR) is 150 cm³/mol. The maximum atomic E-state index is 13.5. The van der Waals surface area contributed by atoms with E-state index in [1.165, 1.54) is 0 Å². The number of carbonyl (C=O) groups is 3. The molecule has 39 heavy (non-hydrogen) atoms. The van der Waals surface area contributed by atoms with Crippen molar-refractivity contribution in [2.75, 3.05) is 32.7 Å². The number of nitrogens with zero attached hydrogens (tertiary/aromatic N) is 3. The summed E-state index contributed by atoms with van der Waals surface area (Å²) in [5.74, 6) is 0.241. The van der Waals surface area contributed by atoms with Gasteiger partial charge in [-0.1, -0.05) is 53.7 Å². The van der Waals surface area contributed by atoms with Gasteiger partial charge >= 0.3 is 0 Å². The van der Waals surface area contributed by atoms with E-state index in [1.807, 2.05) is 65.6 Å². The first-order valence-corrected chi connectivity index (χ1v) is 13.3. The smallest absolute Gasteiger partial charge is 0.276 e. The number of nitrogens with one attached hydrogen (secondary N) is 2. The molecule has 2 aliphatic heterocycles. The lowest BCUT2D eigenvalue weighted by molar-refractivity contribution is -0.122. The topological polar surface area (TPSA) is 108 Å². The second-order valence-electron chi connectivity index (χ2n) is 9.80. The summed E-state index contributed by atoms with van der Waals surface area (Å²) in [5, 5.41) is 10.3. The Morgan fingerprint density at radius 3 is 2.38 bits per heavy atom. The predicted octanol–water partition coefficient (Wildman–Crippen LogP) is 3.38. The Hall–Kier alpha value is -3.69. The summed E-state index contributed by atoms with van der Waals surface area (Å²) < 4.78 is 5.47. The monoisotopic (exact) mass is 551 g/mol. The molecular formula is C29H34ClN5O4. The quantitative estimate of drug-likeness (QED) is 0.517. The summed E-state index contributed by atoms with van der Waals surface area (Å²) in [6, 6.07) is 20.0. The van der Waals surface area contributed by atoms with E-state index in [2.05, 4.69) is 15.8 Å². The highest BCUT2D eigenvalue weighted by Gasteiger charge is 2.35. The zero-order chi connectivity index (χ0) is 26.3. The maximum absolute atomic E-state index is 13.5. The van der Waals surface area contributed by atoms with Gasteiger partial charge in [-0.2, -0.15) is 0 Å². The lowest BCUT2D eigenvalue weighted by atomic mass is 10.1. The van der Waals surface area contributed by atoms with E-state index in [1.54, 1.807) is 11.0 Å². The van der Waals surface area contributed by atoms with E-state index < -0.39 is 0 Å². The van der Waals surface area contributed by atoms with Crippen LogP contribution >= 0.6 is 12.4 Å². The van der Waals surface area contributed by atoms with E-state index in [0.29, 0.717) is 56.9 Å². The second-order valence-corrected chi connectivity index (χ2v) is 9.80. The van der Waals surface area contributed by atoms with Gasteiger partial charge in [0.2, 0.25) is 5.91 Å². The fourth-order valence-electron chi connectivity index (χ4n) is 5.14. The van der Waals surface area contributed by atoms with Gasteiger partial charge in [-0.25, -0.2) is 0 Å². The van der Waals surface area contributed by atoms with Crippen LogP contribution in [-0.4, -0.2) is 77.5 Å². The molecule has 9 nitrogen and oxygen atoms in total.